The van der Waals surface area contributed by atoms with Gasteiger partial charge in [-0.3, -0.25) is 10.3 Å². The second kappa shape index (κ2) is 11.5. The molecule has 4 heteroatoms. The quantitative estimate of drug-likeness (QED) is 0.375. The number of fused-ring (bicyclic) bond motifs is 2. The summed E-state index contributed by atoms with van der Waals surface area (Å²) in [6, 6.07) is 21.6. The number of nitrogens with zero attached hydrogens (tertiary/aromatic N) is 3. The van der Waals surface area contributed by atoms with Gasteiger partial charge >= 0.3 is 0 Å². The standard InChI is InChI=1S/C39H44N4/c1-43-38(26-12-4-2-5-13-26)41-37(42-39(43)27-14-6-3-7-15-27)30-20-21-32(31-24-40-25-31)35(23-30)36-33-18-10-8-16-28(33)22-29-17-9-11-19-34(29)36/h2-8,10,12-16,18,20,22,24,29,31-38,41H,9,11,17,19,21,23,25H2,1H3. The van der Waals surface area contributed by atoms with Gasteiger partial charge in [0.15, 0.2) is 0 Å². The number of aliphatic imine (C=N–C) groups is 2. The molecule has 4 aliphatic carbocycles. The van der Waals surface area contributed by atoms with Gasteiger partial charge in [0.25, 0.3) is 0 Å². The summed E-state index contributed by atoms with van der Waals surface area (Å²) < 4.78 is 0. The molecule has 9 unspecified atom stereocenters. The van der Waals surface area contributed by atoms with Crippen LogP contribution in [0, 0.1) is 41.4 Å². The van der Waals surface area contributed by atoms with E-state index in [1.165, 1.54) is 42.4 Å². The maximum absolute atomic E-state index is 5.48. The summed E-state index contributed by atoms with van der Waals surface area (Å²) in [5.74, 6) is 5.74. The molecule has 2 aromatic carbocycles. The molecule has 0 spiro atoms. The Balaban J connectivity index is 1.17. The second-order valence-electron chi connectivity index (χ2n) is 13.7. The van der Waals surface area contributed by atoms with Crippen LogP contribution in [0.15, 0.2) is 118 Å². The fraction of sp³-hybridized carbons (Fsp3) is 0.436. The van der Waals surface area contributed by atoms with Crippen LogP contribution in [0.2, 0.25) is 0 Å². The summed E-state index contributed by atoms with van der Waals surface area (Å²) in [5, 5.41) is 4.00. The lowest BCUT2D eigenvalue weighted by molar-refractivity contribution is 0.0525. The molecule has 0 radical (unpaired) electrons. The highest BCUT2D eigenvalue weighted by molar-refractivity contribution is 5.99. The largest absolute Gasteiger partial charge is 0.340 e. The Morgan fingerprint density at radius 1 is 0.860 bits per heavy atom. The lowest BCUT2D eigenvalue weighted by atomic mass is 9.53. The van der Waals surface area contributed by atoms with Crippen molar-refractivity contribution in [2.45, 2.75) is 50.9 Å². The van der Waals surface area contributed by atoms with E-state index in [4.69, 9.17) is 4.99 Å². The number of allylic oxidation sites excluding steroid dienone is 7. The van der Waals surface area contributed by atoms with Gasteiger partial charge < -0.3 is 4.90 Å². The van der Waals surface area contributed by atoms with E-state index in [9.17, 15) is 0 Å². The van der Waals surface area contributed by atoms with E-state index in [1.54, 1.807) is 5.57 Å². The molecule has 0 amide bonds. The van der Waals surface area contributed by atoms with Crippen molar-refractivity contribution in [1.29, 1.82) is 0 Å². The second-order valence-corrected chi connectivity index (χ2v) is 13.7. The fourth-order valence-corrected chi connectivity index (χ4v) is 9.28. The molecule has 6 aliphatic rings. The first-order valence-electron chi connectivity index (χ1n) is 16.7. The normalized spacial score (nSPS) is 36.5. The van der Waals surface area contributed by atoms with Crippen molar-refractivity contribution in [3.8, 4) is 0 Å². The Morgan fingerprint density at radius 3 is 2.44 bits per heavy atom. The Labute approximate surface area is 257 Å². The van der Waals surface area contributed by atoms with Crippen LogP contribution in [0.25, 0.3) is 0 Å². The van der Waals surface area contributed by atoms with E-state index in [2.05, 4.69) is 126 Å². The van der Waals surface area contributed by atoms with E-state index in [1.807, 2.05) is 0 Å². The average molecular weight is 569 g/mol. The zero-order valence-corrected chi connectivity index (χ0v) is 25.3. The molecule has 220 valence electrons. The highest BCUT2D eigenvalue weighted by Crippen LogP contribution is 2.55. The Hall–Kier alpha value is -3.50. The zero-order valence-electron chi connectivity index (χ0n) is 25.3. The van der Waals surface area contributed by atoms with Gasteiger partial charge in [-0.05, 0) is 72.0 Å². The highest BCUT2D eigenvalue weighted by atomic mass is 15.4. The first-order valence-corrected chi connectivity index (χ1v) is 16.7. The first kappa shape index (κ1) is 27.1. The van der Waals surface area contributed by atoms with Gasteiger partial charge in [-0.25, -0.2) is 4.99 Å². The van der Waals surface area contributed by atoms with Crippen molar-refractivity contribution in [3.63, 3.8) is 0 Å². The number of nitrogens with one attached hydrogen (secondary N) is 1. The van der Waals surface area contributed by atoms with Crippen molar-refractivity contribution in [3.05, 3.63) is 119 Å². The third-order valence-electron chi connectivity index (χ3n) is 11.4. The molecule has 4 nitrogen and oxygen atoms in total. The van der Waals surface area contributed by atoms with Gasteiger partial charge in [0.2, 0.25) is 0 Å². The molecule has 0 saturated heterocycles. The van der Waals surface area contributed by atoms with Crippen LogP contribution >= 0.6 is 0 Å². The van der Waals surface area contributed by atoms with Gasteiger partial charge in [0.05, 0.1) is 0 Å². The number of hydrogen-bond donors (Lipinski definition) is 1. The molecule has 1 fully saturated rings. The number of amidine groups is 1. The number of rotatable bonds is 5. The summed E-state index contributed by atoms with van der Waals surface area (Å²) >= 11 is 0. The Kier molecular flexibility index (Phi) is 7.27. The zero-order chi connectivity index (χ0) is 28.8. The fourth-order valence-electron chi connectivity index (χ4n) is 9.28. The Bertz CT molecular complexity index is 1500. The molecular formula is C39H44N4. The highest BCUT2D eigenvalue weighted by Gasteiger charge is 2.49. The van der Waals surface area contributed by atoms with Crippen molar-refractivity contribution < 1.29 is 0 Å². The van der Waals surface area contributed by atoms with E-state index in [0.29, 0.717) is 29.6 Å². The molecule has 1 N–H and O–H groups in total. The average Bonchev–Trinajstić information content (AvgIpc) is 3.04. The van der Waals surface area contributed by atoms with Crippen LogP contribution in [0.5, 0.6) is 0 Å². The molecule has 2 aromatic rings. The molecule has 8 rings (SSSR count). The van der Waals surface area contributed by atoms with Crippen LogP contribution < -0.4 is 5.32 Å². The minimum absolute atomic E-state index is 0.0299. The maximum atomic E-state index is 5.48. The molecule has 9 atom stereocenters. The summed E-state index contributed by atoms with van der Waals surface area (Å²) in [6.07, 6.45) is 24.9. The predicted molar refractivity (Wildman–Crippen MR) is 177 cm³/mol. The smallest absolute Gasteiger partial charge is 0.134 e. The first-order chi connectivity index (χ1) is 21.2. The van der Waals surface area contributed by atoms with Gasteiger partial charge in [-0.15, -0.1) is 0 Å². The minimum atomic E-state index is -0.0299. The van der Waals surface area contributed by atoms with Gasteiger partial charge in [-0.2, -0.15) is 0 Å². The third-order valence-corrected chi connectivity index (χ3v) is 11.4. The summed E-state index contributed by atoms with van der Waals surface area (Å²) in [5.41, 5.74) is 5.53. The van der Waals surface area contributed by atoms with Gasteiger partial charge in [0.1, 0.15) is 18.2 Å². The van der Waals surface area contributed by atoms with Crippen molar-refractivity contribution in [2.75, 3.05) is 13.6 Å². The van der Waals surface area contributed by atoms with Crippen LogP contribution in [0.3, 0.4) is 0 Å². The third kappa shape index (κ3) is 4.98. The lowest BCUT2D eigenvalue weighted by Gasteiger charge is -2.52. The van der Waals surface area contributed by atoms with Gasteiger partial charge in [-0.1, -0.05) is 110 Å². The predicted octanol–water partition coefficient (Wildman–Crippen LogP) is 7.75. The molecule has 1 saturated carbocycles. The van der Waals surface area contributed by atoms with Crippen molar-refractivity contribution >= 4 is 12.1 Å². The van der Waals surface area contributed by atoms with E-state index in [0.717, 1.165) is 37.1 Å². The summed E-state index contributed by atoms with van der Waals surface area (Å²) in [7, 11) is 2.18. The van der Waals surface area contributed by atoms with E-state index >= 15 is 0 Å². The van der Waals surface area contributed by atoms with Crippen molar-refractivity contribution in [2.24, 2.45) is 51.4 Å². The number of benzene rings is 2. The number of hydrogen-bond acceptors (Lipinski definition) is 4. The van der Waals surface area contributed by atoms with Crippen molar-refractivity contribution in [1.82, 2.24) is 10.2 Å². The lowest BCUT2D eigenvalue weighted by Crippen LogP contribution is -2.51. The summed E-state index contributed by atoms with van der Waals surface area (Å²) in [6.45, 7) is 1.01. The summed E-state index contributed by atoms with van der Waals surface area (Å²) in [4.78, 5) is 12.4. The molecule has 0 aromatic heterocycles. The molecule has 2 heterocycles. The SMILES string of the molecule is CN1C(c2ccccc2)=NC(C2=CCC(C3C=NC3)C(C3C4C=CC=CC4=CC4CCCCC43)C2)NC1c1ccccc1. The maximum Gasteiger partial charge on any atom is 0.134 e. The van der Waals surface area contributed by atoms with E-state index < -0.39 is 0 Å². The topological polar surface area (TPSA) is 40.0 Å². The van der Waals surface area contributed by atoms with Crippen LogP contribution in [-0.4, -0.2) is 36.7 Å². The molecular weight excluding hydrogens is 524 g/mol. The van der Waals surface area contributed by atoms with E-state index in [-0.39, 0.29) is 12.3 Å². The van der Waals surface area contributed by atoms with Crippen LogP contribution in [-0.2, 0) is 0 Å². The van der Waals surface area contributed by atoms with Crippen LogP contribution in [0.4, 0.5) is 0 Å². The molecule has 2 aliphatic heterocycles. The van der Waals surface area contributed by atoms with Gasteiger partial charge in [0, 0.05) is 37.2 Å². The molecule has 43 heavy (non-hydrogen) atoms. The van der Waals surface area contributed by atoms with Crippen LogP contribution in [0.1, 0.15) is 55.8 Å². The Morgan fingerprint density at radius 2 is 1.65 bits per heavy atom. The minimum Gasteiger partial charge on any atom is -0.340 e. The monoisotopic (exact) mass is 568 g/mol. The molecule has 0 bridgehead atoms.